The third-order valence-electron chi connectivity index (χ3n) is 5.92. The Balaban J connectivity index is 2.45. The lowest BCUT2D eigenvalue weighted by atomic mass is 9.88. The molecular weight excluding hydrogens is 611 g/mol. The molecule has 1 heterocycles. The van der Waals surface area contributed by atoms with Crippen LogP contribution in [-0.2, 0) is 39.0 Å². The van der Waals surface area contributed by atoms with Crippen molar-refractivity contribution in [1.82, 2.24) is 5.32 Å². The molecule has 3 atom stereocenters. The predicted octanol–water partition coefficient (Wildman–Crippen LogP) is 4.88. The van der Waals surface area contributed by atoms with Gasteiger partial charge in [0.1, 0.15) is 11.3 Å². The Hall–Kier alpha value is -3.57. The SMILES string of the molecule is CO[C@](C(=O)OC([C@@H]1CC(C(=O)N[C@@H](C)CC(=O)OC(C)(C)C)=NO1)(C(F)(F)F)C(F)(F)F)(c1ccccc1)C(F)(F)F. The van der Waals surface area contributed by atoms with Crippen LogP contribution in [-0.4, -0.2) is 72.5 Å². The number of benzene rings is 1. The third kappa shape index (κ3) is 7.33. The minimum atomic E-state index is -6.65. The number of carbonyl (C=O) groups excluding carboxylic acids is 3. The fourth-order valence-corrected chi connectivity index (χ4v) is 4.03. The highest BCUT2D eigenvalue weighted by molar-refractivity contribution is 6.39. The van der Waals surface area contributed by atoms with Gasteiger partial charge in [-0.05, 0) is 27.7 Å². The molecule has 1 aliphatic rings. The summed E-state index contributed by atoms with van der Waals surface area (Å²) < 4.78 is 141. The average Bonchev–Trinajstić information content (AvgIpc) is 3.30. The van der Waals surface area contributed by atoms with Gasteiger partial charge in [-0.25, -0.2) is 4.79 Å². The molecule has 0 radical (unpaired) electrons. The monoisotopic (exact) mass is 638 g/mol. The molecule has 0 bridgehead atoms. The zero-order chi connectivity index (χ0) is 33.2. The largest absolute Gasteiger partial charge is 0.460 e. The molecule has 1 aromatic rings. The van der Waals surface area contributed by atoms with Gasteiger partial charge in [0.05, 0.1) is 6.42 Å². The molecule has 9 nitrogen and oxygen atoms in total. The smallest absolute Gasteiger partial charge is 0.441 e. The predicted molar refractivity (Wildman–Crippen MR) is 127 cm³/mol. The summed E-state index contributed by atoms with van der Waals surface area (Å²) in [5.41, 5.74) is -13.3. The van der Waals surface area contributed by atoms with Gasteiger partial charge in [-0.1, -0.05) is 35.5 Å². The molecule has 2 rings (SSSR count). The van der Waals surface area contributed by atoms with E-state index in [-0.39, 0.29) is 7.11 Å². The Morgan fingerprint density at radius 3 is 1.91 bits per heavy atom. The number of oxime groups is 1. The topological polar surface area (TPSA) is 113 Å². The van der Waals surface area contributed by atoms with Gasteiger partial charge < -0.3 is 24.4 Å². The van der Waals surface area contributed by atoms with E-state index in [0.29, 0.717) is 12.1 Å². The van der Waals surface area contributed by atoms with Crippen LogP contribution in [0.25, 0.3) is 0 Å². The minimum Gasteiger partial charge on any atom is -0.460 e. The van der Waals surface area contributed by atoms with E-state index < -0.39 is 89.4 Å². The first-order valence-corrected chi connectivity index (χ1v) is 12.2. The van der Waals surface area contributed by atoms with Crippen molar-refractivity contribution in [2.24, 2.45) is 5.16 Å². The molecule has 0 fully saturated rings. The number of hydrogen-bond acceptors (Lipinski definition) is 8. The van der Waals surface area contributed by atoms with Gasteiger partial charge >= 0.3 is 36.1 Å². The van der Waals surface area contributed by atoms with Gasteiger partial charge in [-0.3, -0.25) is 9.59 Å². The van der Waals surface area contributed by atoms with Crippen molar-refractivity contribution < 1.29 is 72.9 Å². The number of ether oxygens (including phenoxy) is 3. The van der Waals surface area contributed by atoms with E-state index in [1.54, 1.807) is 20.8 Å². The Labute approximate surface area is 238 Å². The molecule has 18 heteroatoms. The summed E-state index contributed by atoms with van der Waals surface area (Å²) in [5, 5.41) is 5.06. The second kappa shape index (κ2) is 12.2. The lowest BCUT2D eigenvalue weighted by Crippen LogP contribution is -2.68. The van der Waals surface area contributed by atoms with Crippen LogP contribution in [0.3, 0.4) is 0 Å². The van der Waals surface area contributed by atoms with Gasteiger partial charge in [0.2, 0.25) is 0 Å². The summed E-state index contributed by atoms with van der Waals surface area (Å²) in [7, 11) is 0.237. The molecule has 242 valence electrons. The molecule has 0 saturated heterocycles. The number of methoxy groups -OCH3 is 1. The fraction of sp³-hybridized carbons (Fsp3) is 0.600. The standard InChI is InChI=1S/C25H27F9N2O7/c1-13(11-17(37)41-20(2,3)4)35-18(38)15-12-16(43-36-15)22(24(29,30)31,25(32,33)34)42-19(39)21(40-5,23(26,27)28)14-9-7-6-8-10-14/h6-10,13,16H,11-12H2,1-5H3,(H,35,38)/t13-,16-,21-/m0/s1. The van der Waals surface area contributed by atoms with Crippen molar-refractivity contribution in [3.8, 4) is 0 Å². The summed E-state index contributed by atoms with van der Waals surface area (Å²) in [6, 6.07) is 3.11. The zero-order valence-electron chi connectivity index (χ0n) is 23.2. The van der Waals surface area contributed by atoms with Crippen LogP contribution in [0.5, 0.6) is 0 Å². The van der Waals surface area contributed by atoms with Gasteiger partial charge in [-0.2, -0.15) is 39.5 Å². The number of carbonyl (C=O) groups is 3. The Morgan fingerprint density at radius 2 is 1.47 bits per heavy atom. The summed E-state index contributed by atoms with van der Waals surface area (Å²) >= 11 is 0. The highest BCUT2D eigenvalue weighted by Gasteiger charge is 2.81. The van der Waals surface area contributed by atoms with Crippen molar-refractivity contribution in [2.75, 3.05) is 7.11 Å². The first-order valence-electron chi connectivity index (χ1n) is 12.2. The maximum atomic E-state index is 14.3. The zero-order valence-corrected chi connectivity index (χ0v) is 23.2. The Kier molecular flexibility index (Phi) is 10.1. The highest BCUT2D eigenvalue weighted by atomic mass is 19.4. The van der Waals surface area contributed by atoms with Crippen LogP contribution in [0.1, 0.15) is 46.1 Å². The third-order valence-corrected chi connectivity index (χ3v) is 5.92. The van der Waals surface area contributed by atoms with E-state index in [0.717, 1.165) is 18.2 Å². The quantitative estimate of drug-likeness (QED) is 0.303. The van der Waals surface area contributed by atoms with E-state index in [1.165, 1.54) is 6.92 Å². The summed E-state index contributed by atoms with van der Waals surface area (Å²) in [5.74, 6) is -5.28. The van der Waals surface area contributed by atoms with Crippen LogP contribution in [0.2, 0.25) is 0 Å². The molecule has 0 unspecified atom stereocenters. The average molecular weight is 638 g/mol. The van der Waals surface area contributed by atoms with Gasteiger partial charge in [0.15, 0.2) is 6.10 Å². The van der Waals surface area contributed by atoms with Crippen LogP contribution in [0.15, 0.2) is 35.5 Å². The van der Waals surface area contributed by atoms with Crippen molar-refractivity contribution in [3.05, 3.63) is 35.9 Å². The number of nitrogens with one attached hydrogen (secondary N) is 1. The normalized spacial score (nSPS) is 18.6. The van der Waals surface area contributed by atoms with E-state index in [1.807, 2.05) is 0 Å². The first-order chi connectivity index (χ1) is 19.4. The molecule has 1 aromatic carbocycles. The number of rotatable bonds is 9. The van der Waals surface area contributed by atoms with Crippen LogP contribution < -0.4 is 5.32 Å². The van der Waals surface area contributed by atoms with E-state index >= 15 is 0 Å². The van der Waals surface area contributed by atoms with Crippen LogP contribution >= 0.6 is 0 Å². The van der Waals surface area contributed by atoms with E-state index in [2.05, 4.69) is 24.8 Å². The number of nitrogens with zero attached hydrogens (tertiary/aromatic N) is 1. The van der Waals surface area contributed by atoms with Crippen molar-refractivity contribution in [1.29, 1.82) is 0 Å². The van der Waals surface area contributed by atoms with Gasteiger partial charge in [0.25, 0.3) is 11.5 Å². The molecule has 0 aliphatic carbocycles. The van der Waals surface area contributed by atoms with Crippen LogP contribution in [0.4, 0.5) is 39.5 Å². The number of halogens is 9. The maximum Gasteiger partial charge on any atom is 0.441 e. The number of alkyl halides is 9. The number of esters is 2. The highest BCUT2D eigenvalue weighted by Crippen LogP contribution is 2.53. The first kappa shape index (κ1) is 35.6. The summed E-state index contributed by atoms with van der Waals surface area (Å²) in [6.45, 7) is 5.90. The van der Waals surface area contributed by atoms with E-state index in [4.69, 9.17) is 4.74 Å². The second-order valence-corrected chi connectivity index (χ2v) is 10.4. The molecule has 1 aliphatic heterocycles. The lowest BCUT2D eigenvalue weighted by Gasteiger charge is -2.41. The molecule has 0 aromatic heterocycles. The molecule has 1 amide bonds. The van der Waals surface area contributed by atoms with Gasteiger partial charge in [-0.15, -0.1) is 0 Å². The molecule has 0 spiro atoms. The van der Waals surface area contributed by atoms with E-state index in [9.17, 15) is 53.9 Å². The molecule has 43 heavy (non-hydrogen) atoms. The molecule has 1 N–H and O–H groups in total. The Bertz CT molecular complexity index is 1190. The summed E-state index contributed by atoms with van der Waals surface area (Å²) in [4.78, 5) is 41.6. The van der Waals surface area contributed by atoms with Crippen LogP contribution in [0, 0.1) is 0 Å². The van der Waals surface area contributed by atoms with Crippen molar-refractivity contribution in [2.45, 2.75) is 88.0 Å². The van der Waals surface area contributed by atoms with Crippen molar-refractivity contribution >= 4 is 23.6 Å². The van der Waals surface area contributed by atoms with Gasteiger partial charge in [0, 0.05) is 25.1 Å². The fourth-order valence-electron chi connectivity index (χ4n) is 4.03. The number of hydrogen-bond donors (Lipinski definition) is 1. The molecular formula is C25H27F9N2O7. The molecule has 0 saturated carbocycles. The summed E-state index contributed by atoms with van der Waals surface area (Å²) in [6.07, 6.45) is -24.7. The second-order valence-electron chi connectivity index (χ2n) is 10.4. The number of amides is 1. The van der Waals surface area contributed by atoms with Crippen molar-refractivity contribution in [3.63, 3.8) is 0 Å². The lowest BCUT2D eigenvalue weighted by molar-refractivity contribution is -0.399. The maximum absolute atomic E-state index is 14.3. The Morgan fingerprint density at radius 1 is 0.930 bits per heavy atom. The minimum absolute atomic E-state index is 0.237.